The van der Waals surface area contributed by atoms with E-state index in [0.29, 0.717) is 10.7 Å². The van der Waals surface area contributed by atoms with Crippen LogP contribution in [0.15, 0.2) is 39.3 Å². The zero-order chi connectivity index (χ0) is 11.7. The molecule has 3 nitrogen and oxygen atoms in total. The smallest absolute Gasteiger partial charge is 0.358 e. The van der Waals surface area contributed by atoms with E-state index >= 15 is 0 Å². The molecule has 2 rings (SSSR count). The van der Waals surface area contributed by atoms with Crippen LogP contribution in [-0.4, -0.2) is 11.9 Å². The topological polar surface area (TPSA) is 38.7 Å². The Kier molecular flexibility index (Phi) is 3.19. The van der Waals surface area contributed by atoms with E-state index in [4.69, 9.17) is 39.5 Å². The summed E-state index contributed by atoms with van der Waals surface area (Å²) in [6, 6.07) is 6.66. The van der Waals surface area contributed by atoms with Gasteiger partial charge >= 0.3 is 5.97 Å². The number of halogens is 3. The van der Waals surface area contributed by atoms with E-state index < -0.39 is 5.97 Å². The van der Waals surface area contributed by atoms with Crippen LogP contribution in [0.1, 0.15) is 0 Å². The van der Waals surface area contributed by atoms with Crippen molar-refractivity contribution in [3.63, 3.8) is 0 Å². The minimum atomic E-state index is -0.695. The normalized spacial score (nSPS) is 18.2. The van der Waals surface area contributed by atoms with Gasteiger partial charge in [-0.2, -0.15) is 0 Å². The molecule has 6 heteroatoms. The highest BCUT2D eigenvalue weighted by Crippen LogP contribution is 2.27. The van der Waals surface area contributed by atoms with Gasteiger partial charge in [0.25, 0.3) is 0 Å². The Morgan fingerprint density at radius 1 is 1.00 bits per heavy atom. The lowest BCUT2D eigenvalue weighted by molar-refractivity contribution is -0.129. The molecule has 1 heterocycles. The average Bonchev–Trinajstić information content (AvgIpc) is 2.50. The third-order valence-electron chi connectivity index (χ3n) is 1.81. The predicted octanol–water partition coefficient (Wildman–Crippen LogP) is 3.62. The summed E-state index contributed by atoms with van der Waals surface area (Å²) in [5.41, 5.74) is 0.566. The second-order valence-electron chi connectivity index (χ2n) is 2.91. The Morgan fingerprint density at radius 3 is 2.12 bits per heavy atom. The van der Waals surface area contributed by atoms with E-state index in [9.17, 15) is 4.79 Å². The van der Waals surface area contributed by atoms with Crippen LogP contribution < -0.4 is 0 Å². The largest absolute Gasteiger partial charge is 0.401 e. The Labute approximate surface area is 106 Å². The minimum Gasteiger partial charge on any atom is -0.401 e. The number of rotatable bonds is 1. The lowest BCUT2D eigenvalue weighted by atomic mass is 10.3. The van der Waals surface area contributed by atoms with Crippen LogP contribution in [-0.2, 0) is 9.53 Å². The van der Waals surface area contributed by atoms with Gasteiger partial charge in [0, 0.05) is 5.02 Å². The molecule has 1 aromatic carbocycles. The quantitative estimate of drug-likeness (QED) is 0.735. The van der Waals surface area contributed by atoms with E-state index in [-0.39, 0.29) is 16.0 Å². The van der Waals surface area contributed by atoms with Gasteiger partial charge < -0.3 is 4.74 Å². The highest BCUT2D eigenvalue weighted by Gasteiger charge is 2.28. The minimum absolute atomic E-state index is 0.000936. The number of hydrogen-bond donors (Lipinski definition) is 0. The number of ether oxygens (including phenoxy) is 1. The monoisotopic (exact) mass is 275 g/mol. The number of carbonyl (C=O) groups excluding carboxylic acids is 1. The molecular weight excluding hydrogens is 272 g/mol. The molecule has 0 unspecified atom stereocenters. The van der Waals surface area contributed by atoms with Crippen LogP contribution in [0.5, 0.6) is 0 Å². The van der Waals surface area contributed by atoms with Crippen molar-refractivity contribution < 1.29 is 9.53 Å². The summed E-state index contributed by atoms with van der Waals surface area (Å²) in [6.45, 7) is 0. The highest BCUT2D eigenvalue weighted by molar-refractivity contribution is 6.56. The molecule has 0 amide bonds. The molecule has 0 aliphatic carbocycles. The first-order valence-electron chi connectivity index (χ1n) is 4.20. The maximum Gasteiger partial charge on any atom is 0.358 e. The fourth-order valence-electron chi connectivity index (χ4n) is 1.07. The van der Waals surface area contributed by atoms with E-state index in [1.807, 2.05) is 0 Å². The van der Waals surface area contributed by atoms with Crippen LogP contribution in [0.4, 0.5) is 5.69 Å². The lowest BCUT2D eigenvalue weighted by Crippen LogP contribution is -2.00. The summed E-state index contributed by atoms with van der Waals surface area (Å²) in [7, 11) is 0. The first-order chi connectivity index (χ1) is 7.58. The number of carbonyl (C=O) groups is 1. The van der Waals surface area contributed by atoms with Crippen molar-refractivity contribution in [2.45, 2.75) is 0 Å². The van der Waals surface area contributed by atoms with Gasteiger partial charge in [0.1, 0.15) is 5.03 Å². The van der Waals surface area contributed by atoms with Gasteiger partial charge in [-0.1, -0.05) is 34.8 Å². The molecule has 0 aromatic heterocycles. The van der Waals surface area contributed by atoms with Crippen molar-refractivity contribution in [3.05, 3.63) is 39.4 Å². The number of aliphatic imine (C=N–C) groups is 1. The number of cyclic esters (lactones) is 1. The van der Waals surface area contributed by atoms with Gasteiger partial charge in [-0.05, 0) is 24.3 Å². The Morgan fingerprint density at radius 2 is 1.62 bits per heavy atom. The molecule has 0 N–H and O–H groups in total. The summed E-state index contributed by atoms with van der Waals surface area (Å²) in [4.78, 5) is 15.1. The van der Waals surface area contributed by atoms with Gasteiger partial charge in [0.2, 0.25) is 5.90 Å². The summed E-state index contributed by atoms with van der Waals surface area (Å²) >= 11 is 17.0. The SMILES string of the molecule is O=C1OC(=Nc2ccc(Cl)cc2)C(Cl)=C1Cl. The van der Waals surface area contributed by atoms with E-state index in [1.165, 1.54) is 0 Å². The molecule has 0 fully saturated rings. The Bertz CT molecular complexity index is 505. The van der Waals surface area contributed by atoms with Crippen molar-refractivity contribution in [3.8, 4) is 0 Å². The molecule has 0 saturated heterocycles. The number of benzene rings is 1. The van der Waals surface area contributed by atoms with Crippen molar-refractivity contribution in [1.82, 2.24) is 0 Å². The standard InChI is InChI=1S/C10H4Cl3NO2/c11-5-1-3-6(4-2-5)14-9-7(12)8(13)10(15)16-9/h1-4H. The maximum absolute atomic E-state index is 11.0. The summed E-state index contributed by atoms with van der Waals surface area (Å²) < 4.78 is 4.76. The van der Waals surface area contributed by atoms with Crippen LogP contribution >= 0.6 is 34.8 Å². The first kappa shape index (κ1) is 11.5. The second-order valence-corrected chi connectivity index (χ2v) is 4.10. The fourth-order valence-corrected chi connectivity index (χ4v) is 1.47. The van der Waals surface area contributed by atoms with Gasteiger partial charge in [-0.3, -0.25) is 0 Å². The zero-order valence-electron chi connectivity index (χ0n) is 7.71. The van der Waals surface area contributed by atoms with Crippen molar-refractivity contribution in [2.24, 2.45) is 4.99 Å². The lowest BCUT2D eigenvalue weighted by Gasteiger charge is -1.97. The highest BCUT2D eigenvalue weighted by atomic mass is 35.5. The fraction of sp³-hybridized carbons (Fsp3) is 0. The van der Waals surface area contributed by atoms with Gasteiger partial charge in [0.05, 0.1) is 5.69 Å². The van der Waals surface area contributed by atoms with E-state index in [2.05, 4.69) is 4.99 Å². The van der Waals surface area contributed by atoms with Gasteiger partial charge in [0.15, 0.2) is 5.03 Å². The maximum atomic E-state index is 11.0. The van der Waals surface area contributed by atoms with Crippen LogP contribution in [0.2, 0.25) is 5.02 Å². The van der Waals surface area contributed by atoms with Crippen molar-refractivity contribution >= 4 is 52.4 Å². The molecule has 1 aromatic rings. The van der Waals surface area contributed by atoms with Crippen molar-refractivity contribution in [1.29, 1.82) is 0 Å². The van der Waals surface area contributed by atoms with E-state index in [1.54, 1.807) is 24.3 Å². The molecular formula is C10H4Cl3NO2. The first-order valence-corrected chi connectivity index (χ1v) is 5.33. The number of hydrogen-bond acceptors (Lipinski definition) is 3. The number of esters is 1. The zero-order valence-corrected chi connectivity index (χ0v) is 9.97. The average molecular weight is 277 g/mol. The predicted molar refractivity (Wildman–Crippen MR) is 63.4 cm³/mol. The van der Waals surface area contributed by atoms with Gasteiger partial charge in [-0.15, -0.1) is 0 Å². The molecule has 1 aliphatic rings. The van der Waals surface area contributed by atoms with E-state index in [0.717, 1.165) is 0 Å². The molecule has 82 valence electrons. The molecule has 0 spiro atoms. The summed E-state index contributed by atoms with van der Waals surface area (Å²) in [5, 5.41) is 0.447. The number of nitrogens with zero attached hydrogens (tertiary/aromatic N) is 1. The van der Waals surface area contributed by atoms with Crippen LogP contribution in [0, 0.1) is 0 Å². The third-order valence-corrected chi connectivity index (χ3v) is 2.85. The van der Waals surface area contributed by atoms with Crippen molar-refractivity contribution in [2.75, 3.05) is 0 Å². The van der Waals surface area contributed by atoms with Gasteiger partial charge in [-0.25, -0.2) is 9.79 Å². The van der Waals surface area contributed by atoms with Crippen LogP contribution in [0.3, 0.4) is 0 Å². The second kappa shape index (κ2) is 4.45. The molecule has 0 atom stereocenters. The molecule has 0 saturated carbocycles. The third kappa shape index (κ3) is 2.21. The van der Waals surface area contributed by atoms with Crippen LogP contribution in [0.25, 0.3) is 0 Å². The molecule has 0 bridgehead atoms. The molecule has 0 radical (unpaired) electrons. The summed E-state index contributed by atoms with van der Waals surface area (Å²) in [5.74, 6) is -0.696. The Balaban J connectivity index is 2.33. The molecule has 1 aliphatic heterocycles. The molecule has 16 heavy (non-hydrogen) atoms. The summed E-state index contributed by atoms with van der Waals surface area (Å²) in [6.07, 6.45) is 0. The Hall–Kier alpha value is -1.03.